The van der Waals surface area contributed by atoms with Crippen molar-refractivity contribution in [3.63, 3.8) is 0 Å². The van der Waals surface area contributed by atoms with E-state index in [0.29, 0.717) is 5.06 Å². The van der Waals surface area contributed by atoms with Crippen LogP contribution < -0.4 is 4.90 Å². The van der Waals surface area contributed by atoms with Gasteiger partial charge in [0.25, 0.3) is 11.8 Å². The number of hydroxylamine groups is 2. The number of para-hydroxylation sites is 1. The lowest BCUT2D eigenvalue weighted by Gasteiger charge is -2.27. The smallest absolute Gasteiger partial charge is 0.335 e. The number of fused-ring (bicyclic) bond motifs is 2. The highest BCUT2D eigenvalue weighted by Crippen LogP contribution is 2.30. The van der Waals surface area contributed by atoms with Gasteiger partial charge in [0.2, 0.25) is 0 Å². The summed E-state index contributed by atoms with van der Waals surface area (Å²) in [4.78, 5) is 44.1. The number of nitrogens with zero attached hydrogens (tertiary/aromatic N) is 2. The van der Waals surface area contributed by atoms with E-state index in [0.717, 1.165) is 18.7 Å². The average molecular weight is 350 g/mol. The molecule has 0 radical (unpaired) electrons. The van der Waals surface area contributed by atoms with Crippen LogP contribution in [0.2, 0.25) is 0 Å². The second kappa shape index (κ2) is 6.29. The first-order chi connectivity index (χ1) is 12.6. The fraction of sp³-hybridized carbons (Fsp3) is 0.250. The molecule has 6 heteroatoms. The predicted molar refractivity (Wildman–Crippen MR) is 94.6 cm³/mol. The maximum absolute atomic E-state index is 12.3. The minimum Gasteiger partial charge on any atom is -0.368 e. The van der Waals surface area contributed by atoms with E-state index in [4.69, 9.17) is 4.84 Å². The Morgan fingerprint density at radius 2 is 1.65 bits per heavy atom. The van der Waals surface area contributed by atoms with Crippen LogP contribution in [0.1, 0.15) is 39.6 Å². The molecule has 2 aliphatic rings. The lowest BCUT2D eigenvalue weighted by Crippen LogP contribution is -2.37. The highest BCUT2D eigenvalue weighted by Gasteiger charge is 2.39. The molecule has 0 saturated heterocycles. The van der Waals surface area contributed by atoms with Gasteiger partial charge in [-0.2, -0.15) is 0 Å². The van der Waals surface area contributed by atoms with Crippen LogP contribution in [0.4, 0.5) is 5.69 Å². The number of benzene rings is 2. The Labute approximate surface area is 150 Å². The number of rotatable bonds is 4. The van der Waals surface area contributed by atoms with Gasteiger partial charge < -0.3 is 9.74 Å². The fourth-order valence-corrected chi connectivity index (χ4v) is 3.56. The summed E-state index contributed by atoms with van der Waals surface area (Å²) in [6, 6.07) is 14.4. The molecule has 2 amide bonds. The van der Waals surface area contributed by atoms with Crippen molar-refractivity contribution >= 4 is 23.5 Å². The minimum atomic E-state index is -0.601. The monoisotopic (exact) mass is 350 g/mol. The highest BCUT2D eigenvalue weighted by molar-refractivity contribution is 6.20. The molecule has 2 heterocycles. The topological polar surface area (TPSA) is 66.9 Å². The Bertz CT molecular complexity index is 873. The third-order valence-electron chi connectivity index (χ3n) is 4.87. The van der Waals surface area contributed by atoms with Crippen molar-refractivity contribution in [1.29, 1.82) is 0 Å². The van der Waals surface area contributed by atoms with Crippen molar-refractivity contribution in [2.24, 2.45) is 0 Å². The van der Waals surface area contributed by atoms with Crippen LogP contribution in [0.3, 0.4) is 0 Å². The minimum absolute atomic E-state index is 0.0851. The Morgan fingerprint density at radius 3 is 2.35 bits per heavy atom. The number of hydrogen-bond donors (Lipinski definition) is 0. The van der Waals surface area contributed by atoms with Crippen LogP contribution in [-0.2, 0) is 16.1 Å². The molecule has 2 aromatic rings. The van der Waals surface area contributed by atoms with E-state index in [-0.39, 0.29) is 23.6 Å². The van der Waals surface area contributed by atoms with Gasteiger partial charge >= 0.3 is 5.97 Å². The lowest BCUT2D eigenvalue weighted by atomic mass is 10.1. The predicted octanol–water partition coefficient (Wildman–Crippen LogP) is 2.58. The Morgan fingerprint density at radius 1 is 1.04 bits per heavy atom. The molecule has 132 valence electrons. The second-order valence-corrected chi connectivity index (χ2v) is 6.54. The molecule has 0 fully saturated rings. The van der Waals surface area contributed by atoms with E-state index < -0.39 is 17.8 Å². The molecule has 0 aliphatic carbocycles. The van der Waals surface area contributed by atoms with Crippen LogP contribution in [-0.4, -0.2) is 35.4 Å². The standard InChI is InChI=1S/C20H18N2O4/c1-13(21-11-10-14-6-2-5-9-17(14)21)12-18(23)26-22-19(24)15-7-3-4-8-16(15)20(22)25/h2-9,13H,10-12H2,1H3. The van der Waals surface area contributed by atoms with Crippen molar-refractivity contribution in [2.45, 2.75) is 25.8 Å². The Balaban J connectivity index is 1.42. The fourth-order valence-electron chi connectivity index (χ4n) is 3.56. The van der Waals surface area contributed by atoms with Crippen LogP contribution in [0, 0.1) is 0 Å². The van der Waals surface area contributed by atoms with E-state index in [9.17, 15) is 14.4 Å². The lowest BCUT2D eigenvalue weighted by molar-refractivity contribution is -0.168. The summed E-state index contributed by atoms with van der Waals surface area (Å²) in [7, 11) is 0. The van der Waals surface area contributed by atoms with Gasteiger partial charge in [-0.1, -0.05) is 35.4 Å². The van der Waals surface area contributed by atoms with Crippen LogP contribution in [0.5, 0.6) is 0 Å². The first-order valence-electron chi connectivity index (χ1n) is 8.59. The van der Waals surface area contributed by atoms with Gasteiger partial charge in [0.05, 0.1) is 17.5 Å². The number of carbonyl (C=O) groups excluding carboxylic acids is 3. The number of imide groups is 1. The molecule has 0 N–H and O–H groups in total. The third kappa shape index (κ3) is 2.63. The van der Waals surface area contributed by atoms with Gasteiger partial charge in [-0.15, -0.1) is 0 Å². The second-order valence-electron chi connectivity index (χ2n) is 6.54. The molecule has 1 unspecified atom stereocenters. The number of hydrogen-bond acceptors (Lipinski definition) is 5. The van der Waals surface area contributed by atoms with Crippen molar-refractivity contribution in [1.82, 2.24) is 5.06 Å². The molecule has 2 aliphatic heterocycles. The molecule has 0 aromatic heterocycles. The summed E-state index contributed by atoms with van der Waals surface area (Å²) in [6.45, 7) is 2.77. The van der Waals surface area contributed by atoms with Gasteiger partial charge in [0.1, 0.15) is 0 Å². The molecule has 2 aromatic carbocycles. The Kier molecular flexibility index (Phi) is 3.95. The molecular weight excluding hydrogens is 332 g/mol. The SMILES string of the molecule is CC(CC(=O)ON1C(=O)c2ccccc2C1=O)N1CCc2ccccc21. The van der Waals surface area contributed by atoms with Crippen LogP contribution in [0.15, 0.2) is 48.5 Å². The van der Waals surface area contributed by atoms with Gasteiger partial charge in [-0.25, -0.2) is 4.79 Å². The molecule has 0 saturated carbocycles. The van der Waals surface area contributed by atoms with Gasteiger partial charge in [-0.3, -0.25) is 9.59 Å². The van der Waals surface area contributed by atoms with Crippen molar-refractivity contribution < 1.29 is 19.2 Å². The number of carbonyl (C=O) groups is 3. The molecule has 0 spiro atoms. The summed E-state index contributed by atoms with van der Waals surface area (Å²) in [5, 5.41) is 0.567. The van der Waals surface area contributed by atoms with E-state index in [1.165, 1.54) is 5.56 Å². The molecule has 4 rings (SSSR count). The van der Waals surface area contributed by atoms with E-state index in [1.807, 2.05) is 25.1 Å². The average Bonchev–Trinajstić information content (AvgIpc) is 3.18. The molecule has 26 heavy (non-hydrogen) atoms. The maximum atomic E-state index is 12.3. The van der Waals surface area contributed by atoms with Gasteiger partial charge in [0.15, 0.2) is 0 Å². The van der Waals surface area contributed by atoms with Gasteiger partial charge in [-0.05, 0) is 37.1 Å². The van der Waals surface area contributed by atoms with Crippen molar-refractivity contribution in [3.8, 4) is 0 Å². The summed E-state index contributed by atoms with van der Waals surface area (Å²) in [6.07, 6.45) is 1.02. The zero-order valence-electron chi connectivity index (χ0n) is 14.3. The largest absolute Gasteiger partial charge is 0.368 e. The Hall–Kier alpha value is -3.15. The van der Waals surface area contributed by atoms with E-state index >= 15 is 0 Å². The van der Waals surface area contributed by atoms with Crippen LogP contribution in [0.25, 0.3) is 0 Å². The summed E-state index contributed by atoms with van der Waals surface area (Å²) in [5.41, 5.74) is 2.89. The van der Waals surface area contributed by atoms with E-state index in [2.05, 4.69) is 11.0 Å². The third-order valence-corrected chi connectivity index (χ3v) is 4.87. The quantitative estimate of drug-likeness (QED) is 0.793. The summed E-state index contributed by atoms with van der Waals surface area (Å²) >= 11 is 0. The van der Waals surface area contributed by atoms with Crippen molar-refractivity contribution in [3.05, 3.63) is 65.2 Å². The van der Waals surface area contributed by atoms with E-state index in [1.54, 1.807) is 24.3 Å². The highest BCUT2D eigenvalue weighted by atomic mass is 16.7. The van der Waals surface area contributed by atoms with Crippen molar-refractivity contribution in [2.75, 3.05) is 11.4 Å². The number of amides is 2. The molecule has 1 atom stereocenters. The van der Waals surface area contributed by atoms with Gasteiger partial charge in [0, 0.05) is 18.3 Å². The molecule has 6 nitrogen and oxygen atoms in total. The summed E-state index contributed by atoms with van der Waals surface area (Å²) in [5.74, 6) is -1.80. The summed E-state index contributed by atoms with van der Waals surface area (Å²) < 4.78 is 0. The first-order valence-corrected chi connectivity index (χ1v) is 8.59. The molecule has 0 bridgehead atoms. The number of anilines is 1. The zero-order chi connectivity index (χ0) is 18.3. The van der Waals surface area contributed by atoms with Crippen LogP contribution >= 0.6 is 0 Å². The first kappa shape index (κ1) is 16.3. The molecular formula is C20H18N2O4. The normalized spacial score (nSPS) is 16.5. The maximum Gasteiger partial charge on any atom is 0.335 e. The zero-order valence-corrected chi connectivity index (χ0v) is 14.3.